The van der Waals surface area contributed by atoms with Crippen LogP contribution in [0.1, 0.15) is 17.4 Å². The van der Waals surface area contributed by atoms with Gasteiger partial charge < -0.3 is 4.52 Å². The van der Waals surface area contributed by atoms with E-state index in [1.807, 2.05) is 0 Å². The van der Waals surface area contributed by atoms with Crippen molar-refractivity contribution in [2.45, 2.75) is 17.7 Å². The van der Waals surface area contributed by atoms with E-state index in [-0.39, 0.29) is 29.6 Å². The second-order valence-electron chi connectivity index (χ2n) is 6.40. The number of rotatable bonds is 5. The molecule has 1 saturated heterocycles. The number of non-ortho nitro benzene ring substituents is 1. The molecule has 1 aliphatic rings. The van der Waals surface area contributed by atoms with Gasteiger partial charge in [-0.05, 0) is 24.6 Å². The lowest BCUT2D eigenvalue weighted by Gasteiger charge is -2.36. The second-order valence-corrected chi connectivity index (χ2v) is 8.30. The maximum atomic E-state index is 12.8. The molecule has 4 rings (SSSR count). The van der Waals surface area contributed by atoms with Gasteiger partial charge in [-0.1, -0.05) is 17.3 Å². The number of benzene rings is 1. The van der Waals surface area contributed by atoms with E-state index >= 15 is 0 Å². The summed E-state index contributed by atoms with van der Waals surface area (Å²) in [6.45, 7) is 1.92. The van der Waals surface area contributed by atoms with Crippen LogP contribution in [0.5, 0.6) is 0 Å². The van der Waals surface area contributed by atoms with Crippen LogP contribution in [0.25, 0.3) is 11.5 Å². The van der Waals surface area contributed by atoms with E-state index in [9.17, 15) is 18.5 Å². The first-order valence-corrected chi connectivity index (χ1v) is 9.80. The van der Waals surface area contributed by atoms with Gasteiger partial charge in [0.2, 0.25) is 21.7 Å². The summed E-state index contributed by atoms with van der Waals surface area (Å²) >= 11 is 0. The van der Waals surface area contributed by atoms with Gasteiger partial charge >= 0.3 is 0 Å². The summed E-state index contributed by atoms with van der Waals surface area (Å²) in [7, 11) is -3.85. The molecule has 2 aromatic heterocycles. The number of nitro benzene ring substituents is 1. The maximum Gasteiger partial charge on any atom is 0.270 e. The molecule has 144 valence electrons. The van der Waals surface area contributed by atoms with Crippen LogP contribution in [-0.2, 0) is 10.0 Å². The van der Waals surface area contributed by atoms with Crippen molar-refractivity contribution in [2.24, 2.45) is 0 Å². The zero-order valence-electron chi connectivity index (χ0n) is 14.7. The SMILES string of the molecule is Cc1ccc([N+](=O)[O-])cc1S(=O)(=O)N1CC(c2nc(-c3ccccn3)no2)C1. The van der Waals surface area contributed by atoms with E-state index in [1.165, 1.54) is 16.4 Å². The first-order valence-electron chi connectivity index (χ1n) is 8.36. The van der Waals surface area contributed by atoms with Crippen molar-refractivity contribution in [2.75, 3.05) is 13.1 Å². The van der Waals surface area contributed by atoms with Crippen LogP contribution >= 0.6 is 0 Å². The first-order chi connectivity index (χ1) is 13.4. The minimum absolute atomic E-state index is 0.0696. The quantitative estimate of drug-likeness (QED) is 0.469. The van der Waals surface area contributed by atoms with Gasteiger partial charge in [0.05, 0.1) is 15.7 Å². The molecule has 1 aliphatic heterocycles. The van der Waals surface area contributed by atoms with Crippen molar-refractivity contribution in [3.05, 3.63) is 64.2 Å². The van der Waals surface area contributed by atoms with Gasteiger partial charge in [-0.25, -0.2) is 8.42 Å². The van der Waals surface area contributed by atoms with E-state index in [0.29, 0.717) is 23.0 Å². The molecule has 1 aromatic carbocycles. The van der Waals surface area contributed by atoms with E-state index in [0.717, 1.165) is 6.07 Å². The Morgan fingerprint density at radius 1 is 1.25 bits per heavy atom. The Labute approximate surface area is 160 Å². The third kappa shape index (κ3) is 3.14. The Hall–Kier alpha value is -3.18. The van der Waals surface area contributed by atoms with Crippen molar-refractivity contribution < 1.29 is 17.9 Å². The Bertz CT molecular complexity index is 1140. The fourth-order valence-corrected chi connectivity index (χ4v) is 4.69. The van der Waals surface area contributed by atoms with Gasteiger partial charge in [0.15, 0.2) is 0 Å². The maximum absolute atomic E-state index is 12.8. The van der Waals surface area contributed by atoms with Crippen molar-refractivity contribution in [1.29, 1.82) is 0 Å². The summed E-state index contributed by atoms with van der Waals surface area (Å²) in [6.07, 6.45) is 1.62. The summed E-state index contributed by atoms with van der Waals surface area (Å²) in [5.41, 5.74) is 0.746. The van der Waals surface area contributed by atoms with Crippen LogP contribution in [0.2, 0.25) is 0 Å². The normalized spacial score (nSPS) is 15.3. The summed E-state index contributed by atoms with van der Waals surface area (Å²) in [6, 6.07) is 9.12. The zero-order chi connectivity index (χ0) is 19.9. The number of nitrogens with zero attached hydrogens (tertiary/aromatic N) is 5. The van der Waals surface area contributed by atoms with Crippen LogP contribution in [0.15, 0.2) is 52.0 Å². The lowest BCUT2D eigenvalue weighted by molar-refractivity contribution is -0.385. The Kier molecular flexibility index (Phi) is 4.40. The van der Waals surface area contributed by atoms with Crippen molar-refractivity contribution in [3.8, 4) is 11.5 Å². The number of aryl methyl sites for hydroxylation is 1. The number of aromatic nitrogens is 3. The first kappa shape index (κ1) is 18.2. The van der Waals surface area contributed by atoms with E-state index in [2.05, 4.69) is 15.1 Å². The van der Waals surface area contributed by atoms with E-state index < -0.39 is 14.9 Å². The molecule has 0 spiro atoms. The molecular weight excluding hydrogens is 386 g/mol. The van der Waals surface area contributed by atoms with Gasteiger partial charge in [-0.3, -0.25) is 15.1 Å². The average molecular weight is 401 g/mol. The van der Waals surface area contributed by atoms with Crippen LogP contribution in [0, 0.1) is 17.0 Å². The lowest BCUT2D eigenvalue weighted by Crippen LogP contribution is -2.48. The molecule has 0 bridgehead atoms. The highest BCUT2D eigenvalue weighted by atomic mass is 32.2. The van der Waals surface area contributed by atoms with Crippen molar-refractivity contribution >= 4 is 15.7 Å². The van der Waals surface area contributed by atoms with Gasteiger partial charge in [0, 0.05) is 31.4 Å². The Morgan fingerprint density at radius 3 is 2.71 bits per heavy atom. The zero-order valence-corrected chi connectivity index (χ0v) is 15.5. The molecule has 3 heterocycles. The van der Waals surface area contributed by atoms with Crippen LogP contribution in [-0.4, -0.2) is 45.9 Å². The molecule has 0 unspecified atom stereocenters. The molecule has 11 heteroatoms. The van der Waals surface area contributed by atoms with Gasteiger partial charge in [-0.2, -0.15) is 9.29 Å². The smallest absolute Gasteiger partial charge is 0.270 e. The molecule has 3 aromatic rings. The Balaban J connectivity index is 1.52. The molecular formula is C17H15N5O5S. The third-order valence-electron chi connectivity index (χ3n) is 4.53. The number of hydrogen-bond donors (Lipinski definition) is 0. The summed E-state index contributed by atoms with van der Waals surface area (Å²) in [5.74, 6) is 0.438. The highest BCUT2D eigenvalue weighted by molar-refractivity contribution is 7.89. The second kappa shape index (κ2) is 6.77. The third-order valence-corrected chi connectivity index (χ3v) is 6.51. The van der Waals surface area contributed by atoms with Gasteiger partial charge in [0.25, 0.3) is 5.69 Å². The number of hydrogen-bond acceptors (Lipinski definition) is 8. The molecule has 0 atom stereocenters. The standard InChI is InChI=1S/C17H15N5O5S/c1-11-5-6-13(22(23)24)8-15(11)28(25,26)21-9-12(10-21)17-19-16(20-27-17)14-4-2-3-7-18-14/h2-8,12H,9-10H2,1H3. The minimum Gasteiger partial charge on any atom is -0.339 e. The minimum atomic E-state index is -3.85. The molecule has 1 fully saturated rings. The largest absolute Gasteiger partial charge is 0.339 e. The topological polar surface area (TPSA) is 132 Å². The molecule has 0 radical (unpaired) electrons. The molecule has 0 amide bonds. The average Bonchev–Trinajstić information content (AvgIpc) is 3.10. The molecule has 0 aliphatic carbocycles. The summed E-state index contributed by atoms with van der Waals surface area (Å²) < 4.78 is 32.2. The highest BCUT2D eigenvalue weighted by Gasteiger charge is 2.41. The summed E-state index contributed by atoms with van der Waals surface area (Å²) in [5, 5.41) is 14.9. The highest BCUT2D eigenvalue weighted by Crippen LogP contribution is 2.33. The number of nitro groups is 1. The van der Waals surface area contributed by atoms with Crippen molar-refractivity contribution in [3.63, 3.8) is 0 Å². The van der Waals surface area contributed by atoms with Crippen LogP contribution in [0.3, 0.4) is 0 Å². The fourth-order valence-electron chi connectivity index (χ4n) is 2.91. The molecule has 0 N–H and O–H groups in total. The monoisotopic (exact) mass is 401 g/mol. The van der Waals surface area contributed by atoms with Crippen LogP contribution < -0.4 is 0 Å². The fraction of sp³-hybridized carbons (Fsp3) is 0.235. The predicted octanol–water partition coefficient (Wildman–Crippen LogP) is 2.14. The molecule has 0 saturated carbocycles. The predicted molar refractivity (Wildman–Crippen MR) is 96.9 cm³/mol. The Morgan fingerprint density at radius 2 is 2.04 bits per heavy atom. The van der Waals surface area contributed by atoms with E-state index in [4.69, 9.17) is 4.52 Å². The molecule has 10 nitrogen and oxygen atoms in total. The van der Waals surface area contributed by atoms with Crippen molar-refractivity contribution in [1.82, 2.24) is 19.4 Å². The number of pyridine rings is 1. The van der Waals surface area contributed by atoms with Gasteiger partial charge in [0.1, 0.15) is 5.69 Å². The number of sulfonamides is 1. The van der Waals surface area contributed by atoms with Gasteiger partial charge in [-0.15, -0.1) is 0 Å². The van der Waals surface area contributed by atoms with Crippen LogP contribution in [0.4, 0.5) is 5.69 Å². The summed E-state index contributed by atoms with van der Waals surface area (Å²) in [4.78, 5) is 18.7. The lowest BCUT2D eigenvalue weighted by atomic mass is 10.0. The molecule has 28 heavy (non-hydrogen) atoms. The van der Waals surface area contributed by atoms with E-state index in [1.54, 1.807) is 31.3 Å².